The molecule has 2 aliphatic heterocycles. The normalized spacial score (nSPS) is 28.6. The van der Waals surface area contributed by atoms with E-state index in [9.17, 15) is 13.8 Å². The largest absolute Gasteiger partial charge is 0.491 e. The molecule has 8 nitrogen and oxygen atoms in total. The molecule has 2 aromatic carbocycles. The van der Waals surface area contributed by atoms with Gasteiger partial charge in [0.25, 0.3) is 5.91 Å². The third-order valence-corrected chi connectivity index (χ3v) is 12.4. The Morgan fingerprint density at radius 2 is 1.98 bits per heavy atom. The minimum Gasteiger partial charge on any atom is -0.491 e. The van der Waals surface area contributed by atoms with E-state index in [4.69, 9.17) is 21.1 Å². The number of hydrogen-bond acceptors (Lipinski definition) is 6. The minimum absolute atomic E-state index is 0.00119. The maximum absolute atomic E-state index is 14.0. The number of benzene rings is 2. The first kappa shape index (κ1) is 34.0. The van der Waals surface area contributed by atoms with Crippen molar-refractivity contribution in [1.82, 2.24) is 4.72 Å². The number of allylic oxidation sites excluding steroid dienone is 1. The standard InChI is InChI=1S/C37H48ClN3O5S/c1-25-10-15-31(38)20-28(25)8-6-7-27-22-41-23-30-13-16-32(30)34(45-2)9-4-3-5-18-47(44,39-36(42)19-26-11-12-26)40-37(43)29-14-17-35(46-24-27)33(41)21-29/h4,9-10,14-15,17,20-21,26-27,30,32,34H,3,5-8,11-13,16,18-19,22-24H2,1-2H3,(H,39,40,42,43,44)/b9-4+/t27-,30+,32-,34+,47?/m1/s1. The monoisotopic (exact) mass is 681 g/mol. The molecular weight excluding hydrogens is 634 g/mol. The average molecular weight is 682 g/mol. The summed E-state index contributed by atoms with van der Waals surface area (Å²) >= 11 is 6.29. The molecule has 0 spiro atoms. The van der Waals surface area contributed by atoms with Gasteiger partial charge in [-0.1, -0.05) is 29.8 Å². The van der Waals surface area contributed by atoms with Crippen LogP contribution in [-0.4, -0.2) is 54.7 Å². The van der Waals surface area contributed by atoms with Crippen LogP contribution in [0.2, 0.25) is 5.02 Å². The van der Waals surface area contributed by atoms with Crippen molar-refractivity contribution in [2.45, 2.75) is 77.2 Å². The quantitative estimate of drug-likeness (QED) is 0.294. The van der Waals surface area contributed by atoms with E-state index in [0.717, 1.165) is 74.5 Å². The van der Waals surface area contributed by atoms with Crippen LogP contribution in [-0.2, 0) is 25.9 Å². The molecule has 2 amide bonds. The highest BCUT2D eigenvalue weighted by Crippen LogP contribution is 2.42. The van der Waals surface area contributed by atoms with E-state index < -0.39 is 15.8 Å². The number of carbonyl (C=O) groups excluding carboxylic acids is 2. The number of carbonyl (C=O) groups is 2. The van der Waals surface area contributed by atoms with Crippen molar-refractivity contribution in [3.05, 3.63) is 70.3 Å². The van der Waals surface area contributed by atoms with Crippen LogP contribution in [0.4, 0.5) is 5.69 Å². The number of amides is 2. The molecular formula is C37H48ClN3O5S. The van der Waals surface area contributed by atoms with Gasteiger partial charge in [-0.05, 0) is 124 Å². The summed E-state index contributed by atoms with van der Waals surface area (Å²) < 4.78 is 33.2. The van der Waals surface area contributed by atoms with Crippen LogP contribution < -0.4 is 14.4 Å². The molecule has 254 valence electrons. The molecule has 1 N–H and O–H groups in total. The first-order chi connectivity index (χ1) is 22.7. The van der Waals surface area contributed by atoms with Crippen molar-refractivity contribution >= 4 is 39.0 Å². The number of nitrogens with one attached hydrogen (secondary N) is 1. The predicted octanol–water partition coefficient (Wildman–Crippen LogP) is 7.32. The number of fused-ring (bicyclic) bond motifs is 2. The van der Waals surface area contributed by atoms with Crippen molar-refractivity contribution in [3.8, 4) is 5.75 Å². The number of anilines is 1. The summed E-state index contributed by atoms with van der Waals surface area (Å²) in [6.45, 7) is 4.36. The topological polar surface area (TPSA) is 97.3 Å². The number of aryl methyl sites for hydroxylation is 2. The molecule has 2 bridgehead atoms. The Kier molecular flexibility index (Phi) is 10.9. The minimum atomic E-state index is -3.29. The first-order valence-electron chi connectivity index (χ1n) is 17.3. The lowest BCUT2D eigenvalue weighted by Crippen LogP contribution is -2.44. The third kappa shape index (κ3) is 8.78. The van der Waals surface area contributed by atoms with Gasteiger partial charge in [0.2, 0.25) is 5.91 Å². The van der Waals surface area contributed by atoms with Crippen LogP contribution in [0.1, 0.15) is 79.3 Å². The van der Waals surface area contributed by atoms with E-state index in [-0.39, 0.29) is 17.8 Å². The van der Waals surface area contributed by atoms with Crippen LogP contribution in [0.5, 0.6) is 5.75 Å². The second-order valence-corrected chi connectivity index (χ2v) is 16.4. The van der Waals surface area contributed by atoms with Gasteiger partial charge in [-0.25, -0.2) is 4.21 Å². The molecule has 0 aromatic heterocycles. The maximum Gasteiger partial charge on any atom is 0.286 e. The molecule has 6 rings (SSSR count). The molecule has 4 aliphatic rings. The molecule has 0 radical (unpaired) electrons. The van der Waals surface area contributed by atoms with E-state index in [0.29, 0.717) is 55.1 Å². The SMILES string of the molecule is CO[C@H]1/C=C/CCCS(=O)(NC(=O)CC2CC2)=NC(=O)c2ccc3c(c2)N(C[C@@H](CCCc2cc(Cl)ccc2C)CO3)C[C@@H]2CC[C@H]21. The molecule has 2 saturated carbocycles. The van der Waals surface area contributed by atoms with Crippen LogP contribution in [0.15, 0.2) is 52.9 Å². The van der Waals surface area contributed by atoms with E-state index >= 15 is 0 Å². The third-order valence-electron chi connectivity index (χ3n) is 10.3. The van der Waals surface area contributed by atoms with Gasteiger partial charge >= 0.3 is 0 Å². The maximum atomic E-state index is 14.0. The van der Waals surface area contributed by atoms with Crippen molar-refractivity contribution in [2.75, 3.05) is 37.5 Å². The Labute approximate surface area is 284 Å². The van der Waals surface area contributed by atoms with E-state index in [2.05, 4.69) is 45.2 Å². The molecule has 2 heterocycles. The highest BCUT2D eigenvalue weighted by Gasteiger charge is 2.38. The van der Waals surface area contributed by atoms with Gasteiger partial charge in [-0.15, -0.1) is 4.36 Å². The molecule has 5 atom stereocenters. The number of methoxy groups -OCH3 is 1. The smallest absolute Gasteiger partial charge is 0.286 e. The number of ether oxygens (including phenoxy) is 2. The summed E-state index contributed by atoms with van der Waals surface area (Å²) in [4.78, 5) is 28.7. The molecule has 0 saturated heterocycles. The Bertz CT molecular complexity index is 1610. The number of hydrogen-bond donors (Lipinski definition) is 1. The van der Waals surface area contributed by atoms with Gasteiger partial charge in [-0.3, -0.25) is 14.3 Å². The highest BCUT2D eigenvalue weighted by molar-refractivity contribution is 7.92. The average Bonchev–Trinajstić information content (AvgIpc) is 3.86. The first-order valence-corrected chi connectivity index (χ1v) is 19.3. The Balaban J connectivity index is 1.27. The zero-order valence-electron chi connectivity index (χ0n) is 27.6. The fourth-order valence-electron chi connectivity index (χ4n) is 7.20. The molecule has 47 heavy (non-hydrogen) atoms. The second-order valence-electron chi connectivity index (χ2n) is 13.9. The summed E-state index contributed by atoms with van der Waals surface area (Å²) in [6.07, 6.45) is 13.0. The van der Waals surface area contributed by atoms with Crippen molar-refractivity contribution < 1.29 is 23.3 Å². The van der Waals surface area contributed by atoms with Gasteiger partial charge in [-0.2, -0.15) is 0 Å². The summed E-state index contributed by atoms with van der Waals surface area (Å²) in [6, 6.07) is 11.5. The number of nitrogens with zero attached hydrogens (tertiary/aromatic N) is 2. The Morgan fingerprint density at radius 3 is 2.74 bits per heavy atom. The van der Waals surface area contributed by atoms with Crippen LogP contribution in [0.25, 0.3) is 0 Å². The van der Waals surface area contributed by atoms with Gasteiger partial charge in [0.15, 0.2) is 0 Å². The fraction of sp³-hybridized carbons (Fsp3) is 0.568. The predicted molar refractivity (Wildman–Crippen MR) is 187 cm³/mol. The van der Waals surface area contributed by atoms with Crippen LogP contribution in [0, 0.1) is 30.6 Å². The van der Waals surface area contributed by atoms with Crippen LogP contribution >= 0.6 is 11.6 Å². The lowest BCUT2D eigenvalue weighted by atomic mass is 9.70. The van der Waals surface area contributed by atoms with Crippen molar-refractivity contribution in [2.24, 2.45) is 28.0 Å². The molecule has 2 aromatic rings. The molecule has 10 heteroatoms. The molecule has 2 aliphatic carbocycles. The van der Waals surface area contributed by atoms with E-state index in [1.807, 2.05) is 18.2 Å². The lowest BCUT2D eigenvalue weighted by Gasteiger charge is -2.43. The van der Waals surface area contributed by atoms with Crippen molar-refractivity contribution in [3.63, 3.8) is 0 Å². The van der Waals surface area contributed by atoms with E-state index in [1.54, 1.807) is 13.2 Å². The highest BCUT2D eigenvalue weighted by atomic mass is 35.5. The molecule has 2 fully saturated rings. The summed E-state index contributed by atoms with van der Waals surface area (Å²) in [5.74, 6) is 1.46. The zero-order chi connectivity index (χ0) is 33.0. The van der Waals surface area contributed by atoms with Crippen molar-refractivity contribution in [1.29, 1.82) is 0 Å². The zero-order valence-corrected chi connectivity index (χ0v) is 29.2. The van der Waals surface area contributed by atoms with E-state index in [1.165, 1.54) is 11.1 Å². The summed E-state index contributed by atoms with van der Waals surface area (Å²) in [5, 5.41) is 0.767. The Morgan fingerprint density at radius 1 is 1.13 bits per heavy atom. The van der Waals surface area contributed by atoms with Gasteiger partial charge in [0.1, 0.15) is 15.7 Å². The lowest BCUT2D eigenvalue weighted by molar-refractivity contribution is -0.119. The Hall–Kier alpha value is -2.88. The van der Waals surface area contributed by atoms with Gasteiger partial charge in [0.05, 0.1) is 24.2 Å². The fourth-order valence-corrected chi connectivity index (χ4v) is 9.00. The van der Waals surface area contributed by atoms with Gasteiger partial charge in [0, 0.05) is 43.1 Å². The summed E-state index contributed by atoms with van der Waals surface area (Å²) in [7, 11) is -1.52. The molecule has 1 unspecified atom stereocenters. The van der Waals surface area contributed by atoms with Crippen LogP contribution in [0.3, 0.4) is 0 Å². The number of rotatable bonds is 8. The van der Waals surface area contributed by atoms with Gasteiger partial charge < -0.3 is 14.4 Å². The number of halogens is 1. The summed E-state index contributed by atoms with van der Waals surface area (Å²) in [5.41, 5.74) is 3.75. The second kappa shape index (κ2) is 15.1.